The normalized spacial score (nSPS) is 12.5. The predicted molar refractivity (Wildman–Crippen MR) is 70.5 cm³/mol. The Hall–Kier alpha value is -0.440. The fourth-order valence-electron chi connectivity index (χ4n) is 1.80. The molecule has 0 amide bonds. The number of fused-ring (bicyclic) bond motifs is 1. The Morgan fingerprint density at radius 3 is 2.67 bits per heavy atom. The van der Waals surface area contributed by atoms with E-state index in [9.17, 15) is 0 Å². The molecule has 1 aromatic carbocycles. The topological polar surface area (TPSA) is 15.3 Å². The van der Waals surface area contributed by atoms with Crippen LogP contribution in [0.4, 0.5) is 5.69 Å². The molecule has 0 radical (unpaired) electrons. The summed E-state index contributed by atoms with van der Waals surface area (Å²) < 4.78 is 0. The first-order valence-electron chi connectivity index (χ1n) is 4.76. The molecule has 1 N–H and O–H groups in total. The summed E-state index contributed by atoms with van der Waals surface area (Å²) in [7, 11) is 4.20. The Balaban J connectivity index is 0.000000980. The van der Waals surface area contributed by atoms with E-state index in [1.807, 2.05) is 0 Å². The zero-order valence-corrected chi connectivity index (χ0v) is 10.8. The number of benzene rings is 1. The number of halogens is 2. The van der Waals surface area contributed by atoms with Gasteiger partial charge < -0.3 is 10.2 Å². The first kappa shape index (κ1) is 14.6. The molecule has 0 fully saturated rings. The summed E-state index contributed by atoms with van der Waals surface area (Å²) in [6.07, 6.45) is 1.18. The second-order valence-electron chi connectivity index (χ2n) is 3.91. The van der Waals surface area contributed by atoms with E-state index in [-0.39, 0.29) is 24.8 Å². The molecule has 0 aliphatic carbocycles. The summed E-state index contributed by atoms with van der Waals surface area (Å²) in [5.74, 6) is 0. The molecule has 86 valence electrons. The summed E-state index contributed by atoms with van der Waals surface area (Å²) in [4.78, 5) is 2.19. The number of hydrogen-bond donors (Lipinski definition) is 1. The third-order valence-corrected chi connectivity index (χ3v) is 2.38. The van der Waals surface area contributed by atoms with Gasteiger partial charge in [0, 0.05) is 18.8 Å². The van der Waals surface area contributed by atoms with Crippen LogP contribution in [0.3, 0.4) is 0 Å². The highest BCUT2D eigenvalue weighted by Crippen LogP contribution is 2.23. The van der Waals surface area contributed by atoms with Crippen molar-refractivity contribution < 1.29 is 0 Å². The van der Waals surface area contributed by atoms with E-state index in [0.717, 1.165) is 13.1 Å². The maximum Gasteiger partial charge on any atom is 0.0376 e. The van der Waals surface area contributed by atoms with Gasteiger partial charge in [-0.3, -0.25) is 0 Å². The van der Waals surface area contributed by atoms with E-state index in [4.69, 9.17) is 0 Å². The molecule has 1 heterocycles. The van der Waals surface area contributed by atoms with Crippen molar-refractivity contribution >= 4 is 30.5 Å². The van der Waals surface area contributed by atoms with Gasteiger partial charge in [-0.1, -0.05) is 12.1 Å². The van der Waals surface area contributed by atoms with Crippen molar-refractivity contribution in [2.24, 2.45) is 0 Å². The van der Waals surface area contributed by atoms with Crippen LogP contribution < -0.4 is 5.32 Å². The molecule has 0 atom stereocenters. The monoisotopic (exact) mass is 248 g/mol. The summed E-state index contributed by atoms with van der Waals surface area (Å²) in [6.45, 7) is 2.12. The van der Waals surface area contributed by atoms with Crippen LogP contribution in [0.1, 0.15) is 11.1 Å². The van der Waals surface area contributed by atoms with Crippen LogP contribution in [-0.4, -0.2) is 25.5 Å². The van der Waals surface area contributed by atoms with Gasteiger partial charge in [0.2, 0.25) is 0 Å². The summed E-state index contributed by atoms with van der Waals surface area (Å²) in [6, 6.07) is 6.74. The molecule has 4 heteroatoms. The highest BCUT2D eigenvalue weighted by atomic mass is 35.5. The van der Waals surface area contributed by atoms with Crippen molar-refractivity contribution in [2.75, 3.05) is 26.0 Å². The van der Waals surface area contributed by atoms with E-state index in [1.54, 1.807) is 0 Å². The number of nitrogens with one attached hydrogen (secondary N) is 1. The lowest BCUT2D eigenvalue weighted by Crippen LogP contribution is -2.10. The fraction of sp³-hybridized carbons (Fsp3) is 0.455. The van der Waals surface area contributed by atoms with E-state index in [0.29, 0.717) is 0 Å². The molecule has 0 spiro atoms. The third kappa shape index (κ3) is 3.56. The van der Waals surface area contributed by atoms with E-state index in [1.165, 1.54) is 23.2 Å². The van der Waals surface area contributed by atoms with Gasteiger partial charge in [0.05, 0.1) is 0 Å². The Bertz CT molecular complexity index is 313. The lowest BCUT2D eigenvalue weighted by Gasteiger charge is -2.10. The minimum atomic E-state index is 0. The minimum Gasteiger partial charge on any atom is -0.384 e. The molecule has 0 unspecified atom stereocenters. The van der Waals surface area contributed by atoms with Gasteiger partial charge >= 0.3 is 0 Å². The SMILES string of the molecule is CN(C)Cc1ccc2c(c1)NCC2.Cl.Cl. The third-order valence-electron chi connectivity index (χ3n) is 2.38. The second-order valence-corrected chi connectivity index (χ2v) is 3.91. The molecule has 1 aliphatic heterocycles. The highest BCUT2D eigenvalue weighted by molar-refractivity contribution is 5.85. The second kappa shape index (κ2) is 6.21. The largest absolute Gasteiger partial charge is 0.384 e. The number of nitrogens with zero attached hydrogens (tertiary/aromatic N) is 1. The van der Waals surface area contributed by atoms with Crippen LogP contribution in [0, 0.1) is 0 Å². The average molecular weight is 249 g/mol. The van der Waals surface area contributed by atoms with E-state index < -0.39 is 0 Å². The van der Waals surface area contributed by atoms with Crippen molar-refractivity contribution in [1.29, 1.82) is 0 Å². The molecule has 2 rings (SSSR count). The highest BCUT2D eigenvalue weighted by Gasteiger charge is 2.09. The Labute approximate surface area is 104 Å². The van der Waals surface area contributed by atoms with Gasteiger partial charge in [-0.25, -0.2) is 0 Å². The number of rotatable bonds is 2. The molecule has 15 heavy (non-hydrogen) atoms. The van der Waals surface area contributed by atoms with Crippen LogP contribution in [0.2, 0.25) is 0 Å². The van der Waals surface area contributed by atoms with Gasteiger partial charge in [-0.2, -0.15) is 0 Å². The summed E-state index contributed by atoms with van der Waals surface area (Å²) in [5, 5.41) is 3.40. The zero-order valence-electron chi connectivity index (χ0n) is 9.12. The summed E-state index contributed by atoms with van der Waals surface area (Å²) >= 11 is 0. The van der Waals surface area contributed by atoms with Crippen molar-refractivity contribution in [2.45, 2.75) is 13.0 Å². The predicted octanol–water partition coefficient (Wildman–Crippen LogP) is 2.56. The van der Waals surface area contributed by atoms with Crippen molar-refractivity contribution in [1.82, 2.24) is 4.90 Å². The summed E-state index contributed by atoms with van der Waals surface area (Å²) in [5.41, 5.74) is 4.18. The first-order chi connectivity index (χ1) is 6.25. The van der Waals surface area contributed by atoms with Crippen LogP contribution in [0.25, 0.3) is 0 Å². The van der Waals surface area contributed by atoms with E-state index in [2.05, 4.69) is 42.5 Å². The van der Waals surface area contributed by atoms with Crippen molar-refractivity contribution in [3.05, 3.63) is 29.3 Å². The van der Waals surface area contributed by atoms with Gasteiger partial charge in [0.25, 0.3) is 0 Å². The van der Waals surface area contributed by atoms with Crippen molar-refractivity contribution in [3.8, 4) is 0 Å². The zero-order chi connectivity index (χ0) is 9.26. The molecule has 1 aliphatic rings. The van der Waals surface area contributed by atoms with Crippen LogP contribution in [-0.2, 0) is 13.0 Å². The van der Waals surface area contributed by atoms with Gasteiger partial charge in [0.15, 0.2) is 0 Å². The Morgan fingerprint density at radius 1 is 1.27 bits per heavy atom. The van der Waals surface area contributed by atoms with Gasteiger partial charge in [0.1, 0.15) is 0 Å². The molecular formula is C11H18Cl2N2. The molecule has 0 saturated carbocycles. The number of hydrogen-bond acceptors (Lipinski definition) is 2. The Morgan fingerprint density at radius 2 is 2.00 bits per heavy atom. The standard InChI is InChI=1S/C11H16N2.2ClH/c1-13(2)8-9-3-4-10-5-6-12-11(10)7-9;;/h3-4,7,12H,5-6,8H2,1-2H3;2*1H. The lowest BCUT2D eigenvalue weighted by molar-refractivity contribution is 0.402. The number of anilines is 1. The quantitative estimate of drug-likeness (QED) is 0.866. The molecular weight excluding hydrogens is 231 g/mol. The van der Waals surface area contributed by atoms with Crippen molar-refractivity contribution in [3.63, 3.8) is 0 Å². The average Bonchev–Trinajstić information content (AvgIpc) is 2.49. The fourth-order valence-corrected chi connectivity index (χ4v) is 1.80. The minimum absolute atomic E-state index is 0. The van der Waals surface area contributed by atoms with Crippen LogP contribution in [0.5, 0.6) is 0 Å². The lowest BCUT2D eigenvalue weighted by atomic mass is 10.1. The van der Waals surface area contributed by atoms with Crippen LogP contribution in [0.15, 0.2) is 18.2 Å². The molecule has 0 bridgehead atoms. The molecule has 1 aromatic rings. The maximum absolute atomic E-state index is 3.40. The van der Waals surface area contributed by atoms with Gasteiger partial charge in [-0.15, -0.1) is 24.8 Å². The molecule has 0 saturated heterocycles. The Kier molecular flexibility index (Phi) is 6.03. The molecule has 0 aromatic heterocycles. The molecule has 2 nitrogen and oxygen atoms in total. The van der Waals surface area contributed by atoms with Crippen LogP contribution >= 0.6 is 24.8 Å². The van der Waals surface area contributed by atoms with E-state index >= 15 is 0 Å². The maximum atomic E-state index is 3.40. The smallest absolute Gasteiger partial charge is 0.0376 e. The van der Waals surface area contributed by atoms with Gasteiger partial charge in [-0.05, 0) is 37.7 Å². The first-order valence-corrected chi connectivity index (χ1v) is 4.76.